The van der Waals surface area contributed by atoms with E-state index in [0.717, 1.165) is 6.42 Å². The SMILES string of the molecule is CC(C)N1CCC(NC2CCC(=O)N(C)C2c2cccs2)CC1. The zero-order valence-corrected chi connectivity index (χ0v) is 15.3. The summed E-state index contributed by atoms with van der Waals surface area (Å²) in [6.07, 6.45) is 4.05. The van der Waals surface area contributed by atoms with Crippen LogP contribution in [-0.4, -0.2) is 54.0 Å². The molecule has 1 N–H and O–H groups in total. The number of hydrogen-bond acceptors (Lipinski definition) is 4. The summed E-state index contributed by atoms with van der Waals surface area (Å²) in [7, 11) is 1.96. The second kappa shape index (κ2) is 7.32. The fourth-order valence-corrected chi connectivity index (χ4v) is 4.88. The van der Waals surface area contributed by atoms with E-state index in [4.69, 9.17) is 0 Å². The van der Waals surface area contributed by atoms with Gasteiger partial charge in [-0.2, -0.15) is 0 Å². The fourth-order valence-electron chi connectivity index (χ4n) is 3.95. The van der Waals surface area contributed by atoms with E-state index in [2.05, 4.69) is 41.6 Å². The average molecular weight is 336 g/mol. The fraction of sp³-hybridized carbons (Fsp3) is 0.722. The standard InChI is InChI=1S/C18H29N3OS/c1-13(2)21-10-8-14(9-11-21)19-15-6-7-17(22)20(3)18(15)16-5-4-12-23-16/h4-5,12-15,18-19H,6-11H2,1-3H3. The lowest BCUT2D eigenvalue weighted by atomic mass is 9.92. The number of thiophene rings is 1. The predicted octanol–water partition coefficient (Wildman–Crippen LogP) is 2.87. The summed E-state index contributed by atoms with van der Waals surface area (Å²) in [5.74, 6) is 0.274. The number of piperidine rings is 2. The highest BCUT2D eigenvalue weighted by molar-refractivity contribution is 7.10. The third-order valence-electron chi connectivity index (χ3n) is 5.41. The summed E-state index contributed by atoms with van der Waals surface area (Å²) in [5.41, 5.74) is 0. The monoisotopic (exact) mass is 335 g/mol. The van der Waals surface area contributed by atoms with Gasteiger partial charge in [-0.05, 0) is 57.6 Å². The Morgan fingerprint density at radius 3 is 2.61 bits per heavy atom. The van der Waals surface area contributed by atoms with Crippen LogP contribution in [0.1, 0.15) is 50.4 Å². The van der Waals surface area contributed by atoms with Crippen molar-refractivity contribution in [1.82, 2.24) is 15.1 Å². The number of carbonyl (C=O) groups excluding carboxylic acids is 1. The molecule has 0 radical (unpaired) electrons. The topological polar surface area (TPSA) is 35.6 Å². The van der Waals surface area contributed by atoms with Crippen molar-refractivity contribution in [3.05, 3.63) is 22.4 Å². The summed E-state index contributed by atoms with van der Waals surface area (Å²) in [4.78, 5) is 18.0. The third kappa shape index (κ3) is 3.78. The minimum atomic E-state index is 0.194. The quantitative estimate of drug-likeness (QED) is 0.919. The van der Waals surface area contributed by atoms with Gasteiger partial charge < -0.3 is 15.1 Å². The smallest absolute Gasteiger partial charge is 0.222 e. The van der Waals surface area contributed by atoms with Gasteiger partial charge in [-0.15, -0.1) is 11.3 Å². The maximum Gasteiger partial charge on any atom is 0.222 e. The molecule has 2 saturated heterocycles. The van der Waals surface area contributed by atoms with Gasteiger partial charge in [-0.25, -0.2) is 0 Å². The molecule has 1 amide bonds. The number of likely N-dealkylation sites (tertiary alicyclic amines) is 2. The molecule has 23 heavy (non-hydrogen) atoms. The van der Waals surface area contributed by atoms with E-state index in [1.54, 1.807) is 11.3 Å². The van der Waals surface area contributed by atoms with Crippen molar-refractivity contribution >= 4 is 17.2 Å². The van der Waals surface area contributed by atoms with Crippen molar-refractivity contribution < 1.29 is 4.79 Å². The molecule has 2 fully saturated rings. The van der Waals surface area contributed by atoms with Crippen LogP contribution in [-0.2, 0) is 4.79 Å². The number of hydrogen-bond donors (Lipinski definition) is 1. The highest BCUT2D eigenvalue weighted by Gasteiger charge is 2.36. The van der Waals surface area contributed by atoms with Crippen LogP contribution in [0.5, 0.6) is 0 Å². The Balaban J connectivity index is 1.65. The van der Waals surface area contributed by atoms with Gasteiger partial charge in [0.1, 0.15) is 0 Å². The number of nitrogens with zero attached hydrogens (tertiary/aromatic N) is 2. The number of carbonyl (C=O) groups is 1. The lowest BCUT2D eigenvalue weighted by Crippen LogP contribution is -2.54. The zero-order chi connectivity index (χ0) is 16.4. The predicted molar refractivity (Wildman–Crippen MR) is 95.7 cm³/mol. The summed E-state index contributed by atoms with van der Waals surface area (Å²) < 4.78 is 0. The lowest BCUT2D eigenvalue weighted by Gasteiger charge is -2.42. The molecule has 1 aromatic rings. The number of nitrogens with one attached hydrogen (secondary N) is 1. The number of amides is 1. The summed E-state index contributed by atoms with van der Waals surface area (Å²) >= 11 is 1.76. The van der Waals surface area contributed by atoms with Gasteiger partial charge in [0, 0.05) is 36.5 Å². The molecule has 0 aromatic carbocycles. The van der Waals surface area contributed by atoms with Crippen LogP contribution in [0.2, 0.25) is 0 Å². The Morgan fingerprint density at radius 1 is 1.26 bits per heavy atom. The normalized spacial score (nSPS) is 27.8. The van der Waals surface area contributed by atoms with Crippen LogP contribution >= 0.6 is 11.3 Å². The molecular formula is C18H29N3OS. The van der Waals surface area contributed by atoms with Gasteiger partial charge >= 0.3 is 0 Å². The van der Waals surface area contributed by atoms with Gasteiger partial charge in [-0.1, -0.05) is 6.07 Å². The Morgan fingerprint density at radius 2 is 2.00 bits per heavy atom. The van der Waals surface area contributed by atoms with Crippen LogP contribution in [0.3, 0.4) is 0 Å². The van der Waals surface area contributed by atoms with Crippen LogP contribution < -0.4 is 5.32 Å². The highest BCUT2D eigenvalue weighted by Crippen LogP contribution is 2.34. The van der Waals surface area contributed by atoms with Crippen molar-refractivity contribution in [1.29, 1.82) is 0 Å². The van der Waals surface area contributed by atoms with Gasteiger partial charge in [0.2, 0.25) is 5.91 Å². The Kier molecular flexibility index (Phi) is 5.39. The molecule has 2 unspecified atom stereocenters. The van der Waals surface area contributed by atoms with Gasteiger partial charge in [0.05, 0.1) is 6.04 Å². The van der Waals surface area contributed by atoms with Crippen molar-refractivity contribution in [2.24, 2.45) is 0 Å². The maximum atomic E-state index is 12.2. The summed E-state index contributed by atoms with van der Waals surface area (Å²) in [5, 5.41) is 6.00. The summed E-state index contributed by atoms with van der Waals surface area (Å²) in [6.45, 7) is 6.92. The highest BCUT2D eigenvalue weighted by atomic mass is 32.1. The second-order valence-corrected chi connectivity index (χ2v) is 8.16. The Labute approximate surface area is 143 Å². The van der Waals surface area contributed by atoms with Crippen molar-refractivity contribution in [3.8, 4) is 0 Å². The minimum Gasteiger partial charge on any atom is -0.336 e. The Bertz CT molecular complexity index is 508. The minimum absolute atomic E-state index is 0.194. The first-order valence-electron chi connectivity index (χ1n) is 8.85. The van der Waals surface area contributed by atoms with Crippen molar-refractivity contribution in [3.63, 3.8) is 0 Å². The van der Waals surface area contributed by atoms with Crippen LogP contribution in [0.25, 0.3) is 0 Å². The molecule has 2 atom stereocenters. The molecule has 0 saturated carbocycles. The molecule has 0 bridgehead atoms. The molecule has 2 aliphatic rings. The molecule has 2 aliphatic heterocycles. The largest absolute Gasteiger partial charge is 0.336 e. The van der Waals surface area contributed by atoms with E-state index < -0.39 is 0 Å². The molecule has 0 aliphatic carbocycles. The van der Waals surface area contributed by atoms with Crippen LogP contribution in [0.4, 0.5) is 0 Å². The molecule has 3 heterocycles. The average Bonchev–Trinajstić information content (AvgIpc) is 3.06. The molecule has 0 spiro atoms. The van der Waals surface area contributed by atoms with Gasteiger partial charge in [0.25, 0.3) is 0 Å². The number of rotatable bonds is 4. The molecule has 3 rings (SSSR count). The lowest BCUT2D eigenvalue weighted by molar-refractivity contribution is -0.136. The van der Waals surface area contributed by atoms with Crippen molar-refractivity contribution in [2.75, 3.05) is 20.1 Å². The first-order valence-corrected chi connectivity index (χ1v) is 9.73. The first-order chi connectivity index (χ1) is 11.1. The summed E-state index contributed by atoms with van der Waals surface area (Å²) in [6, 6.07) is 6.06. The molecule has 1 aromatic heterocycles. The zero-order valence-electron chi connectivity index (χ0n) is 14.5. The van der Waals surface area contributed by atoms with Crippen molar-refractivity contribution in [2.45, 2.75) is 63.7 Å². The van der Waals surface area contributed by atoms with E-state index in [9.17, 15) is 4.79 Å². The Hall–Kier alpha value is -0.910. The molecular weight excluding hydrogens is 306 g/mol. The van der Waals surface area contributed by atoms with E-state index in [1.807, 2.05) is 11.9 Å². The van der Waals surface area contributed by atoms with E-state index in [1.165, 1.54) is 30.8 Å². The van der Waals surface area contributed by atoms with Crippen LogP contribution in [0.15, 0.2) is 17.5 Å². The maximum absolute atomic E-state index is 12.2. The third-order valence-corrected chi connectivity index (χ3v) is 6.35. The van der Waals surface area contributed by atoms with E-state index in [0.29, 0.717) is 24.5 Å². The van der Waals surface area contributed by atoms with E-state index in [-0.39, 0.29) is 11.9 Å². The van der Waals surface area contributed by atoms with Crippen LogP contribution in [0, 0.1) is 0 Å². The number of likely N-dealkylation sites (N-methyl/N-ethyl adjacent to an activating group) is 1. The molecule has 5 heteroatoms. The van der Waals surface area contributed by atoms with Gasteiger partial charge in [0.15, 0.2) is 0 Å². The van der Waals surface area contributed by atoms with Gasteiger partial charge in [-0.3, -0.25) is 4.79 Å². The first kappa shape index (κ1) is 16.9. The van der Waals surface area contributed by atoms with E-state index >= 15 is 0 Å². The second-order valence-electron chi connectivity index (χ2n) is 7.18. The molecule has 128 valence electrons. The molecule has 4 nitrogen and oxygen atoms in total.